The van der Waals surface area contributed by atoms with Gasteiger partial charge in [-0.1, -0.05) is 35.5 Å². The van der Waals surface area contributed by atoms with E-state index in [1.54, 1.807) is 18.3 Å². The lowest BCUT2D eigenvalue weighted by Gasteiger charge is -2.08. The molecule has 0 N–H and O–H groups in total. The number of nitrogens with zero attached hydrogens (tertiary/aromatic N) is 4. The minimum Gasteiger partial charge on any atom is -0.438 e. The molecule has 0 aliphatic rings. The summed E-state index contributed by atoms with van der Waals surface area (Å²) >= 11 is 1.58. The Bertz CT molecular complexity index is 1250. The molecule has 0 aliphatic heterocycles. The fourth-order valence-electron chi connectivity index (χ4n) is 2.96. The van der Waals surface area contributed by atoms with Crippen LogP contribution in [0.15, 0.2) is 70.8 Å². The summed E-state index contributed by atoms with van der Waals surface area (Å²) in [5, 5.41) is 6.93. The Morgan fingerprint density at radius 1 is 0.929 bits per heavy atom. The van der Waals surface area contributed by atoms with Crippen molar-refractivity contribution in [3.8, 4) is 34.1 Å². The van der Waals surface area contributed by atoms with Crippen LogP contribution in [0.25, 0.3) is 32.7 Å². The number of rotatable bonds is 4. The lowest BCUT2D eigenvalue weighted by Crippen LogP contribution is -1.91. The van der Waals surface area contributed by atoms with Gasteiger partial charge in [0.2, 0.25) is 17.6 Å². The van der Waals surface area contributed by atoms with Gasteiger partial charge in [0.15, 0.2) is 0 Å². The lowest BCUT2D eigenvalue weighted by molar-refractivity contribution is 0.394. The van der Waals surface area contributed by atoms with Gasteiger partial charge >= 0.3 is 0 Å². The van der Waals surface area contributed by atoms with E-state index in [1.807, 2.05) is 42.5 Å². The number of thiophene rings is 1. The molecular weight excluding hydrogens is 372 g/mol. The van der Waals surface area contributed by atoms with E-state index in [4.69, 9.17) is 9.26 Å². The number of ether oxygens (including phenoxy) is 1. The van der Waals surface area contributed by atoms with Crippen LogP contribution in [-0.2, 0) is 0 Å². The van der Waals surface area contributed by atoms with Gasteiger partial charge in [0.05, 0.1) is 5.39 Å². The first kappa shape index (κ1) is 16.6. The van der Waals surface area contributed by atoms with E-state index in [2.05, 4.69) is 37.6 Å². The largest absolute Gasteiger partial charge is 0.438 e. The normalized spacial score (nSPS) is 11.0. The zero-order valence-corrected chi connectivity index (χ0v) is 15.7. The van der Waals surface area contributed by atoms with Gasteiger partial charge in [-0.15, -0.1) is 11.3 Å². The second-order valence-corrected chi connectivity index (χ2v) is 7.00. The van der Waals surface area contributed by atoms with Crippen molar-refractivity contribution >= 4 is 21.6 Å². The Morgan fingerprint density at radius 3 is 2.50 bits per heavy atom. The van der Waals surface area contributed by atoms with Crippen molar-refractivity contribution < 1.29 is 9.26 Å². The number of fused-ring (bicyclic) bond motifs is 1. The summed E-state index contributed by atoms with van der Waals surface area (Å²) in [7, 11) is 0. The zero-order valence-electron chi connectivity index (χ0n) is 14.9. The lowest BCUT2D eigenvalue weighted by atomic mass is 10.1. The first-order valence-corrected chi connectivity index (χ1v) is 9.52. The van der Waals surface area contributed by atoms with Crippen LogP contribution in [0.1, 0.15) is 5.89 Å². The van der Waals surface area contributed by atoms with Crippen molar-refractivity contribution in [3.05, 3.63) is 72.2 Å². The van der Waals surface area contributed by atoms with Gasteiger partial charge in [0, 0.05) is 23.4 Å². The Balaban J connectivity index is 1.51. The van der Waals surface area contributed by atoms with E-state index in [1.165, 1.54) is 6.33 Å². The Morgan fingerprint density at radius 2 is 1.75 bits per heavy atom. The average molecular weight is 386 g/mol. The van der Waals surface area contributed by atoms with Crippen molar-refractivity contribution in [2.45, 2.75) is 6.92 Å². The summed E-state index contributed by atoms with van der Waals surface area (Å²) in [4.78, 5) is 13.9. The second kappa shape index (κ2) is 6.86. The molecule has 5 aromatic rings. The maximum Gasteiger partial charge on any atom is 0.231 e. The Kier molecular flexibility index (Phi) is 4.06. The van der Waals surface area contributed by atoms with E-state index in [0.29, 0.717) is 23.3 Å². The number of aryl methyl sites for hydroxylation is 1. The van der Waals surface area contributed by atoms with Crippen LogP contribution in [0.3, 0.4) is 0 Å². The van der Waals surface area contributed by atoms with Crippen molar-refractivity contribution in [2.75, 3.05) is 0 Å². The molecule has 3 heterocycles. The molecule has 6 nitrogen and oxygen atoms in total. The summed E-state index contributed by atoms with van der Waals surface area (Å²) < 4.78 is 11.1. The van der Waals surface area contributed by atoms with Gasteiger partial charge in [0.1, 0.15) is 16.9 Å². The topological polar surface area (TPSA) is 73.9 Å². The summed E-state index contributed by atoms with van der Waals surface area (Å²) in [6.45, 7) is 1.76. The molecule has 0 unspecified atom stereocenters. The van der Waals surface area contributed by atoms with Crippen molar-refractivity contribution in [2.24, 2.45) is 0 Å². The molecule has 0 bridgehead atoms. The molecule has 0 atom stereocenters. The number of hydrogen-bond donors (Lipinski definition) is 0. The molecule has 0 fully saturated rings. The average Bonchev–Trinajstić information content (AvgIpc) is 3.36. The van der Waals surface area contributed by atoms with Gasteiger partial charge in [-0.2, -0.15) is 4.98 Å². The van der Waals surface area contributed by atoms with Gasteiger partial charge in [-0.05, 0) is 29.8 Å². The third-order valence-electron chi connectivity index (χ3n) is 4.27. The zero-order chi connectivity index (χ0) is 18.9. The molecule has 3 aromatic heterocycles. The van der Waals surface area contributed by atoms with Gasteiger partial charge in [-0.25, -0.2) is 9.97 Å². The van der Waals surface area contributed by atoms with E-state index in [0.717, 1.165) is 26.9 Å². The van der Waals surface area contributed by atoms with E-state index in [9.17, 15) is 0 Å². The molecule has 136 valence electrons. The minimum absolute atomic E-state index is 0.532. The summed E-state index contributed by atoms with van der Waals surface area (Å²) in [6, 6.07) is 17.7. The second-order valence-electron chi connectivity index (χ2n) is 6.14. The van der Waals surface area contributed by atoms with Crippen LogP contribution in [-0.4, -0.2) is 20.1 Å². The molecule has 0 saturated carbocycles. The van der Waals surface area contributed by atoms with Crippen molar-refractivity contribution in [1.29, 1.82) is 0 Å². The Labute approximate surface area is 164 Å². The van der Waals surface area contributed by atoms with Crippen LogP contribution in [0.5, 0.6) is 11.6 Å². The molecule has 0 amide bonds. The van der Waals surface area contributed by atoms with E-state index in [-0.39, 0.29) is 0 Å². The molecular formula is C21H14N4O2S. The predicted octanol–water partition coefficient (Wildman–Crippen LogP) is 5.51. The summed E-state index contributed by atoms with van der Waals surface area (Å²) in [5.74, 6) is 2.30. The molecule has 7 heteroatoms. The van der Waals surface area contributed by atoms with Gasteiger partial charge < -0.3 is 9.26 Å². The maximum absolute atomic E-state index is 6.10. The molecule has 2 aromatic carbocycles. The monoisotopic (exact) mass is 386 g/mol. The molecule has 0 spiro atoms. The quantitative estimate of drug-likeness (QED) is 0.405. The minimum atomic E-state index is 0.532. The maximum atomic E-state index is 6.10. The molecule has 28 heavy (non-hydrogen) atoms. The fraction of sp³-hybridized carbons (Fsp3) is 0.0476. The molecule has 5 rings (SSSR count). The van der Waals surface area contributed by atoms with E-state index < -0.39 is 0 Å². The third-order valence-corrected chi connectivity index (χ3v) is 5.16. The highest BCUT2D eigenvalue weighted by molar-refractivity contribution is 7.17. The molecule has 0 saturated heterocycles. The number of hydrogen-bond acceptors (Lipinski definition) is 7. The van der Waals surface area contributed by atoms with Gasteiger partial charge in [0.25, 0.3) is 0 Å². The van der Waals surface area contributed by atoms with Gasteiger partial charge in [-0.3, -0.25) is 0 Å². The van der Waals surface area contributed by atoms with Crippen LogP contribution in [0, 0.1) is 6.92 Å². The summed E-state index contributed by atoms with van der Waals surface area (Å²) in [6.07, 6.45) is 1.53. The van der Waals surface area contributed by atoms with Crippen LogP contribution < -0.4 is 4.74 Å². The number of benzene rings is 2. The number of aromatic nitrogens is 4. The standard InChI is InChI=1S/C21H14N4O2S/c1-13-24-19(25-27-13)15-7-9-16(10-8-15)26-20-18-17(14-5-3-2-4-6-14)11-28-21(18)23-12-22-20/h2-12H,1H3. The first-order valence-electron chi connectivity index (χ1n) is 8.64. The molecule has 0 radical (unpaired) electrons. The summed E-state index contributed by atoms with van der Waals surface area (Å²) in [5.41, 5.74) is 3.03. The van der Waals surface area contributed by atoms with Crippen molar-refractivity contribution in [1.82, 2.24) is 20.1 Å². The van der Waals surface area contributed by atoms with Crippen LogP contribution in [0.2, 0.25) is 0 Å². The van der Waals surface area contributed by atoms with E-state index >= 15 is 0 Å². The highest BCUT2D eigenvalue weighted by Gasteiger charge is 2.15. The molecule has 0 aliphatic carbocycles. The highest BCUT2D eigenvalue weighted by atomic mass is 32.1. The highest BCUT2D eigenvalue weighted by Crippen LogP contribution is 2.39. The fourth-order valence-corrected chi connectivity index (χ4v) is 3.86. The predicted molar refractivity (Wildman–Crippen MR) is 107 cm³/mol. The third kappa shape index (κ3) is 3.01. The Hall–Kier alpha value is -3.58. The van der Waals surface area contributed by atoms with Crippen LogP contribution in [0.4, 0.5) is 0 Å². The SMILES string of the molecule is Cc1nc(-c2ccc(Oc3ncnc4scc(-c5ccccc5)c34)cc2)no1. The van der Waals surface area contributed by atoms with Crippen molar-refractivity contribution in [3.63, 3.8) is 0 Å². The van der Waals surface area contributed by atoms with Crippen LogP contribution >= 0.6 is 11.3 Å². The first-order chi connectivity index (χ1) is 13.8. The smallest absolute Gasteiger partial charge is 0.231 e.